The molecular weight excluding hydrogens is 422 g/mol. The first-order valence-electron chi connectivity index (χ1n) is 9.15. The number of likely N-dealkylation sites (N-methyl/N-ethyl adjacent to an activating group) is 1. The number of ether oxygens (including phenoxy) is 2. The van der Waals surface area contributed by atoms with Crippen LogP contribution < -0.4 is 15.2 Å². The van der Waals surface area contributed by atoms with Crippen LogP contribution in [0.15, 0.2) is 42.5 Å². The quantitative estimate of drug-likeness (QED) is 0.222. The Morgan fingerprint density at radius 1 is 0.875 bits per heavy atom. The SMILES string of the molecule is CN(CC(=O)c1ccc(OCC(=O)O)c(OCC(=O)O)c1)C(=O)c1ccc(C(=N)N)cc1. The maximum Gasteiger partial charge on any atom is 0.341 e. The largest absolute Gasteiger partial charge is 0.479 e. The number of amidine groups is 1. The molecule has 2 aromatic carbocycles. The average Bonchev–Trinajstić information content (AvgIpc) is 2.75. The van der Waals surface area contributed by atoms with Crippen molar-refractivity contribution in [3.63, 3.8) is 0 Å². The summed E-state index contributed by atoms with van der Waals surface area (Å²) in [5.74, 6) is -3.71. The fraction of sp³-hybridized carbons (Fsp3) is 0.190. The number of ketones is 1. The molecule has 0 aromatic heterocycles. The molecule has 0 radical (unpaired) electrons. The molecule has 0 unspecified atom stereocenters. The molecular formula is C21H21N3O8. The minimum Gasteiger partial charge on any atom is -0.479 e. The maximum absolute atomic E-state index is 12.7. The molecule has 32 heavy (non-hydrogen) atoms. The monoisotopic (exact) mass is 443 g/mol. The van der Waals surface area contributed by atoms with E-state index < -0.39 is 36.8 Å². The van der Waals surface area contributed by atoms with Gasteiger partial charge in [-0.3, -0.25) is 15.0 Å². The van der Waals surface area contributed by atoms with Gasteiger partial charge in [0.15, 0.2) is 30.5 Å². The Morgan fingerprint density at radius 2 is 1.38 bits per heavy atom. The molecule has 0 fully saturated rings. The van der Waals surface area contributed by atoms with Crippen molar-refractivity contribution < 1.29 is 38.9 Å². The van der Waals surface area contributed by atoms with E-state index in [4.69, 9.17) is 30.8 Å². The first kappa shape index (κ1) is 23.9. The van der Waals surface area contributed by atoms with Gasteiger partial charge in [-0.1, -0.05) is 12.1 Å². The summed E-state index contributed by atoms with van der Waals surface area (Å²) in [7, 11) is 1.44. The van der Waals surface area contributed by atoms with Gasteiger partial charge in [-0.05, 0) is 30.3 Å². The number of nitrogens with one attached hydrogen (secondary N) is 1. The van der Waals surface area contributed by atoms with Crippen LogP contribution in [0.5, 0.6) is 11.5 Å². The molecule has 0 aliphatic heterocycles. The molecule has 0 bridgehead atoms. The van der Waals surface area contributed by atoms with Gasteiger partial charge in [0.25, 0.3) is 5.91 Å². The highest BCUT2D eigenvalue weighted by atomic mass is 16.5. The standard InChI is InChI=1S/C21H21N3O8/c1-24(21(30)13-4-2-12(3-5-13)20(22)23)9-15(25)14-6-7-16(31-10-18(26)27)17(8-14)32-11-19(28)29/h2-8H,9-11H2,1H3,(H3,22,23)(H,26,27)(H,28,29). The van der Waals surface area contributed by atoms with Gasteiger partial charge >= 0.3 is 11.9 Å². The molecule has 2 rings (SSSR count). The summed E-state index contributed by atoms with van der Waals surface area (Å²) >= 11 is 0. The normalized spacial score (nSPS) is 10.2. The highest BCUT2D eigenvalue weighted by Crippen LogP contribution is 2.29. The van der Waals surface area contributed by atoms with E-state index in [0.717, 1.165) is 0 Å². The van der Waals surface area contributed by atoms with Crippen molar-refractivity contribution >= 4 is 29.5 Å². The van der Waals surface area contributed by atoms with E-state index in [1.165, 1.54) is 54.4 Å². The van der Waals surface area contributed by atoms with Crippen molar-refractivity contribution in [1.29, 1.82) is 5.41 Å². The highest BCUT2D eigenvalue weighted by molar-refractivity contribution is 6.03. The van der Waals surface area contributed by atoms with Crippen LogP contribution >= 0.6 is 0 Å². The lowest BCUT2D eigenvalue weighted by molar-refractivity contribution is -0.140. The number of hydrogen-bond donors (Lipinski definition) is 4. The molecule has 2 aromatic rings. The second-order valence-electron chi connectivity index (χ2n) is 6.60. The van der Waals surface area contributed by atoms with Crippen LogP contribution in [0, 0.1) is 5.41 Å². The number of carbonyl (C=O) groups is 4. The number of hydrogen-bond acceptors (Lipinski definition) is 7. The molecule has 168 valence electrons. The van der Waals surface area contributed by atoms with Gasteiger partial charge in [-0.15, -0.1) is 0 Å². The zero-order chi connectivity index (χ0) is 23.8. The minimum absolute atomic E-state index is 0.0415. The van der Waals surface area contributed by atoms with E-state index in [9.17, 15) is 19.2 Å². The van der Waals surface area contributed by atoms with Gasteiger partial charge in [0.1, 0.15) is 5.84 Å². The number of Topliss-reactive ketones (excluding diaryl/α,β-unsaturated/α-hetero) is 1. The zero-order valence-electron chi connectivity index (χ0n) is 17.0. The molecule has 0 atom stereocenters. The van der Waals surface area contributed by atoms with E-state index in [2.05, 4.69) is 0 Å². The van der Waals surface area contributed by atoms with Gasteiger partial charge < -0.3 is 30.3 Å². The van der Waals surface area contributed by atoms with E-state index in [1.807, 2.05) is 0 Å². The Bertz CT molecular complexity index is 1050. The van der Waals surface area contributed by atoms with Crippen LogP contribution in [0.1, 0.15) is 26.3 Å². The van der Waals surface area contributed by atoms with E-state index >= 15 is 0 Å². The number of nitrogen functional groups attached to an aromatic ring is 1. The van der Waals surface area contributed by atoms with Crippen LogP contribution in [-0.4, -0.2) is 71.4 Å². The third kappa shape index (κ3) is 6.55. The van der Waals surface area contributed by atoms with E-state index in [0.29, 0.717) is 11.1 Å². The summed E-state index contributed by atoms with van der Waals surface area (Å²) in [5.41, 5.74) is 6.25. The van der Waals surface area contributed by atoms with Crippen molar-refractivity contribution in [1.82, 2.24) is 4.90 Å². The summed E-state index contributed by atoms with van der Waals surface area (Å²) < 4.78 is 10.1. The summed E-state index contributed by atoms with van der Waals surface area (Å²) in [6.45, 7) is -1.70. The Balaban J connectivity index is 2.15. The van der Waals surface area contributed by atoms with Crippen LogP contribution in [-0.2, 0) is 9.59 Å². The summed E-state index contributed by atoms with van der Waals surface area (Å²) in [6, 6.07) is 9.89. The topological polar surface area (TPSA) is 180 Å². The lowest BCUT2D eigenvalue weighted by atomic mass is 10.1. The van der Waals surface area contributed by atoms with Gasteiger partial charge in [0.2, 0.25) is 0 Å². The minimum atomic E-state index is -1.27. The number of benzene rings is 2. The molecule has 5 N–H and O–H groups in total. The number of nitrogens with two attached hydrogens (primary N) is 1. The molecule has 0 aliphatic rings. The smallest absolute Gasteiger partial charge is 0.341 e. The number of carboxylic acid groups (broad SMARTS) is 2. The van der Waals surface area contributed by atoms with Gasteiger partial charge in [0.05, 0.1) is 6.54 Å². The second kappa shape index (κ2) is 10.6. The Kier molecular flexibility index (Phi) is 7.88. The van der Waals surface area contributed by atoms with E-state index in [-0.39, 0.29) is 29.4 Å². The summed E-state index contributed by atoms with van der Waals surface area (Å²) in [4.78, 5) is 47.9. The predicted molar refractivity (Wildman–Crippen MR) is 111 cm³/mol. The molecule has 0 spiro atoms. The number of nitrogens with zero attached hydrogens (tertiary/aromatic N) is 1. The summed E-state index contributed by atoms with van der Waals surface area (Å²) in [6.07, 6.45) is 0. The van der Waals surface area contributed by atoms with Gasteiger partial charge in [-0.2, -0.15) is 0 Å². The fourth-order valence-electron chi connectivity index (χ4n) is 2.58. The van der Waals surface area contributed by atoms with Crippen LogP contribution in [0.2, 0.25) is 0 Å². The first-order chi connectivity index (χ1) is 15.1. The number of carboxylic acids is 2. The Hall–Kier alpha value is -4.41. The molecule has 1 amide bonds. The van der Waals surface area contributed by atoms with Crippen molar-refractivity contribution in [2.45, 2.75) is 0 Å². The van der Waals surface area contributed by atoms with Crippen LogP contribution in [0.4, 0.5) is 0 Å². The molecule has 0 saturated heterocycles. The van der Waals surface area contributed by atoms with E-state index in [1.54, 1.807) is 0 Å². The lowest BCUT2D eigenvalue weighted by Gasteiger charge is -2.17. The van der Waals surface area contributed by atoms with Crippen molar-refractivity contribution in [2.24, 2.45) is 5.73 Å². The van der Waals surface area contributed by atoms with Gasteiger partial charge in [0, 0.05) is 23.7 Å². The number of amides is 1. The predicted octanol–water partition coefficient (Wildman–Crippen LogP) is 0.852. The van der Waals surface area contributed by atoms with Crippen molar-refractivity contribution in [2.75, 3.05) is 26.8 Å². The molecule has 11 heteroatoms. The maximum atomic E-state index is 12.7. The zero-order valence-corrected chi connectivity index (χ0v) is 17.0. The van der Waals surface area contributed by atoms with Crippen molar-refractivity contribution in [3.8, 4) is 11.5 Å². The van der Waals surface area contributed by atoms with Crippen LogP contribution in [0.25, 0.3) is 0 Å². The first-order valence-corrected chi connectivity index (χ1v) is 9.15. The highest BCUT2D eigenvalue weighted by Gasteiger charge is 2.19. The fourth-order valence-corrected chi connectivity index (χ4v) is 2.58. The Morgan fingerprint density at radius 3 is 1.91 bits per heavy atom. The molecule has 0 heterocycles. The number of carbonyl (C=O) groups excluding carboxylic acids is 2. The molecule has 0 saturated carbocycles. The molecule has 11 nitrogen and oxygen atoms in total. The number of rotatable bonds is 11. The lowest BCUT2D eigenvalue weighted by Crippen LogP contribution is -2.32. The second-order valence-corrected chi connectivity index (χ2v) is 6.60. The van der Waals surface area contributed by atoms with Crippen molar-refractivity contribution in [3.05, 3.63) is 59.2 Å². The third-order valence-electron chi connectivity index (χ3n) is 4.14. The van der Waals surface area contributed by atoms with Crippen LogP contribution in [0.3, 0.4) is 0 Å². The average molecular weight is 443 g/mol. The molecule has 0 aliphatic carbocycles. The third-order valence-corrected chi connectivity index (χ3v) is 4.14. The summed E-state index contributed by atoms with van der Waals surface area (Å²) in [5, 5.41) is 24.9. The number of aliphatic carboxylic acids is 2. The Labute approximate surface area is 182 Å². The van der Waals surface area contributed by atoms with Gasteiger partial charge in [-0.25, -0.2) is 9.59 Å².